The van der Waals surface area contributed by atoms with Gasteiger partial charge in [0.15, 0.2) is 0 Å². The molecule has 23 heavy (non-hydrogen) atoms. The molecule has 0 spiro atoms. The number of carbonyl (C=O) groups excluding carboxylic acids is 1. The Kier molecular flexibility index (Phi) is 4.43. The maximum absolute atomic E-state index is 10.7. The molecule has 2 aromatic rings. The van der Waals surface area contributed by atoms with Crippen LogP contribution in [0.4, 0.5) is 10.5 Å². The van der Waals surface area contributed by atoms with Crippen molar-refractivity contribution in [3.8, 4) is 0 Å². The summed E-state index contributed by atoms with van der Waals surface area (Å²) < 4.78 is 10.2. The number of rotatable bonds is 4. The molecule has 1 fully saturated rings. The molecule has 1 aromatic carbocycles. The Balaban J connectivity index is 1.89. The first-order valence-corrected chi connectivity index (χ1v) is 7.47. The van der Waals surface area contributed by atoms with Gasteiger partial charge in [-0.15, -0.1) is 0 Å². The first kappa shape index (κ1) is 15.3. The summed E-state index contributed by atoms with van der Waals surface area (Å²) in [6.45, 7) is 7.22. The molecule has 1 saturated heterocycles. The highest BCUT2D eigenvalue weighted by molar-refractivity contribution is 5.92. The monoisotopic (exact) mass is 313 g/mol. The molecule has 120 valence electrons. The van der Waals surface area contributed by atoms with E-state index in [0.717, 1.165) is 48.5 Å². The van der Waals surface area contributed by atoms with Gasteiger partial charge in [-0.3, -0.25) is 4.98 Å². The number of hydrogen-bond donors (Lipinski definition) is 1. The van der Waals surface area contributed by atoms with E-state index in [1.54, 1.807) is 0 Å². The van der Waals surface area contributed by atoms with Crippen LogP contribution in [0.2, 0.25) is 0 Å². The fraction of sp³-hybridized carbons (Fsp3) is 0.294. The number of primary amides is 1. The quantitative estimate of drug-likeness (QED) is 0.936. The number of pyridine rings is 1. The molecule has 2 N–H and O–H groups in total. The van der Waals surface area contributed by atoms with Crippen molar-refractivity contribution in [2.24, 2.45) is 5.73 Å². The second-order valence-electron chi connectivity index (χ2n) is 5.38. The average molecular weight is 313 g/mol. The van der Waals surface area contributed by atoms with Crippen molar-refractivity contribution >= 4 is 28.3 Å². The van der Waals surface area contributed by atoms with Crippen LogP contribution in [0.5, 0.6) is 0 Å². The van der Waals surface area contributed by atoms with E-state index in [2.05, 4.69) is 22.5 Å². The van der Waals surface area contributed by atoms with E-state index in [1.807, 2.05) is 24.4 Å². The predicted octanol–water partition coefficient (Wildman–Crippen LogP) is 2.18. The zero-order valence-corrected chi connectivity index (χ0v) is 12.8. The second kappa shape index (κ2) is 6.66. The van der Waals surface area contributed by atoms with Gasteiger partial charge < -0.3 is 20.1 Å². The maximum atomic E-state index is 10.7. The minimum absolute atomic E-state index is 0.0569. The minimum atomic E-state index is -0.811. The average Bonchev–Trinajstić information content (AvgIpc) is 2.59. The van der Waals surface area contributed by atoms with Crippen LogP contribution in [0.1, 0.15) is 5.56 Å². The number of aromatic nitrogens is 1. The number of benzene rings is 1. The summed E-state index contributed by atoms with van der Waals surface area (Å²) in [5, 5.41) is 1.02. The molecule has 2 heterocycles. The van der Waals surface area contributed by atoms with Crippen LogP contribution in [0.3, 0.4) is 0 Å². The maximum Gasteiger partial charge on any atom is 0.404 e. The molecule has 3 rings (SSSR count). The van der Waals surface area contributed by atoms with Crippen molar-refractivity contribution < 1.29 is 14.3 Å². The van der Waals surface area contributed by atoms with E-state index in [0.29, 0.717) is 5.57 Å². The van der Waals surface area contributed by atoms with Gasteiger partial charge in [0.1, 0.15) is 6.61 Å². The molecular formula is C17H19N3O3. The number of ether oxygens (including phenoxy) is 2. The second-order valence-corrected chi connectivity index (χ2v) is 5.38. The number of amides is 1. The van der Waals surface area contributed by atoms with Gasteiger partial charge >= 0.3 is 6.09 Å². The van der Waals surface area contributed by atoms with Crippen molar-refractivity contribution in [2.75, 3.05) is 37.8 Å². The summed E-state index contributed by atoms with van der Waals surface area (Å²) in [4.78, 5) is 17.6. The molecule has 1 amide bonds. The molecule has 0 aliphatic carbocycles. The smallest absolute Gasteiger partial charge is 0.404 e. The molecule has 0 radical (unpaired) electrons. The zero-order chi connectivity index (χ0) is 16.2. The lowest BCUT2D eigenvalue weighted by molar-refractivity contribution is 0.122. The SMILES string of the molecule is C=C(COC(N)=O)c1cccc2cc(N3CCOCC3)cnc12. The Labute approximate surface area is 134 Å². The van der Waals surface area contributed by atoms with E-state index in [-0.39, 0.29) is 6.61 Å². The van der Waals surface area contributed by atoms with Crippen molar-refractivity contribution in [2.45, 2.75) is 0 Å². The third-order valence-corrected chi connectivity index (χ3v) is 3.84. The highest BCUT2D eigenvalue weighted by Crippen LogP contribution is 2.26. The molecule has 1 aliphatic heterocycles. The zero-order valence-electron chi connectivity index (χ0n) is 12.8. The van der Waals surface area contributed by atoms with Crippen LogP contribution in [0.15, 0.2) is 37.0 Å². The Morgan fingerprint density at radius 2 is 2.17 bits per heavy atom. The first-order chi connectivity index (χ1) is 11.1. The molecule has 1 aromatic heterocycles. The summed E-state index contributed by atoms with van der Waals surface area (Å²) in [5.74, 6) is 0. The van der Waals surface area contributed by atoms with Gasteiger partial charge in [-0.2, -0.15) is 0 Å². The lowest BCUT2D eigenvalue weighted by Gasteiger charge is -2.28. The number of nitrogens with two attached hydrogens (primary N) is 1. The molecule has 0 saturated carbocycles. The van der Waals surface area contributed by atoms with Crippen LogP contribution in [0, 0.1) is 0 Å². The highest BCUT2D eigenvalue weighted by Gasteiger charge is 2.13. The van der Waals surface area contributed by atoms with Crippen molar-refractivity contribution in [3.63, 3.8) is 0 Å². The lowest BCUT2D eigenvalue weighted by atomic mass is 10.0. The molecule has 0 unspecified atom stereocenters. The number of fused-ring (bicyclic) bond motifs is 1. The van der Waals surface area contributed by atoms with Crippen LogP contribution >= 0.6 is 0 Å². The van der Waals surface area contributed by atoms with Crippen LogP contribution in [-0.2, 0) is 9.47 Å². The molecule has 6 nitrogen and oxygen atoms in total. The van der Waals surface area contributed by atoms with E-state index < -0.39 is 6.09 Å². The fourth-order valence-corrected chi connectivity index (χ4v) is 2.66. The van der Waals surface area contributed by atoms with Crippen LogP contribution in [-0.4, -0.2) is 44.0 Å². The van der Waals surface area contributed by atoms with E-state index in [4.69, 9.17) is 15.2 Å². The molecule has 0 bridgehead atoms. The van der Waals surface area contributed by atoms with E-state index in [1.165, 1.54) is 0 Å². The standard InChI is InChI=1S/C17H19N3O3/c1-12(11-23-17(18)21)15-4-2-3-13-9-14(10-19-16(13)15)20-5-7-22-8-6-20/h2-4,9-10H,1,5-8,11H2,(H2,18,21). The van der Waals surface area contributed by atoms with Crippen molar-refractivity contribution in [1.29, 1.82) is 0 Å². The van der Waals surface area contributed by atoms with Gasteiger partial charge in [0, 0.05) is 24.0 Å². The Morgan fingerprint density at radius 1 is 1.39 bits per heavy atom. The predicted molar refractivity (Wildman–Crippen MR) is 89.3 cm³/mol. The summed E-state index contributed by atoms with van der Waals surface area (Å²) in [6, 6.07) is 7.98. The Morgan fingerprint density at radius 3 is 2.91 bits per heavy atom. The van der Waals surface area contributed by atoms with Crippen molar-refractivity contribution in [1.82, 2.24) is 4.98 Å². The molecule has 0 atom stereocenters. The van der Waals surface area contributed by atoms with Gasteiger partial charge in [-0.1, -0.05) is 24.8 Å². The van der Waals surface area contributed by atoms with Gasteiger partial charge in [0.2, 0.25) is 0 Å². The summed E-state index contributed by atoms with van der Waals surface area (Å²) in [7, 11) is 0. The van der Waals surface area contributed by atoms with Gasteiger partial charge in [0.05, 0.1) is 30.6 Å². The van der Waals surface area contributed by atoms with Crippen LogP contribution in [0.25, 0.3) is 16.5 Å². The Bertz CT molecular complexity index is 739. The molecule has 1 aliphatic rings. The number of carbonyl (C=O) groups is 1. The molecular weight excluding hydrogens is 294 g/mol. The highest BCUT2D eigenvalue weighted by atomic mass is 16.5. The topological polar surface area (TPSA) is 77.7 Å². The lowest BCUT2D eigenvalue weighted by Crippen LogP contribution is -2.36. The molecule has 6 heteroatoms. The number of para-hydroxylation sites is 1. The van der Waals surface area contributed by atoms with Crippen LogP contribution < -0.4 is 10.6 Å². The van der Waals surface area contributed by atoms with E-state index in [9.17, 15) is 4.79 Å². The fourth-order valence-electron chi connectivity index (χ4n) is 2.66. The van der Waals surface area contributed by atoms with Crippen molar-refractivity contribution in [3.05, 3.63) is 42.6 Å². The normalized spacial score (nSPS) is 14.7. The summed E-state index contributed by atoms with van der Waals surface area (Å²) in [5.41, 5.74) is 8.44. The number of hydrogen-bond acceptors (Lipinski definition) is 5. The van der Waals surface area contributed by atoms with Gasteiger partial charge in [-0.25, -0.2) is 4.79 Å². The number of nitrogens with zero attached hydrogens (tertiary/aromatic N) is 2. The summed E-state index contributed by atoms with van der Waals surface area (Å²) in [6.07, 6.45) is 1.05. The van der Waals surface area contributed by atoms with Gasteiger partial charge in [-0.05, 0) is 11.6 Å². The number of morpholine rings is 1. The van der Waals surface area contributed by atoms with E-state index >= 15 is 0 Å². The summed E-state index contributed by atoms with van der Waals surface area (Å²) >= 11 is 0. The third-order valence-electron chi connectivity index (χ3n) is 3.84. The van der Waals surface area contributed by atoms with Gasteiger partial charge in [0.25, 0.3) is 0 Å². The number of anilines is 1. The third kappa shape index (κ3) is 3.43. The largest absolute Gasteiger partial charge is 0.445 e. The Hall–Kier alpha value is -2.60. The minimum Gasteiger partial charge on any atom is -0.445 e. The first-order valence-electron chi connectivity index (χ1n) is 7.47.